The molecule has 14 heteroatoms. The van der Waals surface area contributed by atoms with Crippen LogP contribution in [0.3, 0.4) is 0 Å². The number of aromatic nitrogens is 3. The molecule has 2 aliphatic carbocycles. The first kappa shape index (κ1) is 42.7. The molecule has 8 rings (SSSR count). The molecule has 3 N–H and O–H groups in total. The number of anilines is 2. The van der Waals surface area contributed by atoms with E-state index >= 15 is 0 Å². The smallest absolute Gasteiger partial charge is 0.416 e. The van der Waals surface area contributed by atoms with E-state index in [-0.39, 0.29) is 29.5 Å². The lowest BCUT2D eigenvalue weighted by atomic mass is 9.65. The van der Waals surface area contributed by atoms with Gasteiger partial charge in [-0.05, 0) is 125 Å². The summed E-state index contributed by atoms with van der Waals surface area (Å²) in [4.78, 5) is 47.0. The van der Waals surface area contributed by atoms with Crippen molar-refractivity contribution >= 4 is 34.4 Å². The molecule has 2 amide bonds. The third-order valence-electron chi connectivity index (χ3n) is 14.0. The maximum absolute atomic E-state index is 13.8. The normalized spacial score (nSPS) is 22.0. The average Bonchev–Trinajstić information content (AvgIpc) is 3.26. The molecule has 2 aliphatic heterocycles. The van der Waals surface area contributed by atoms with Crippen molar-refractivity contribution in [2.45, 2.75) is 103 Å². The van der Waals surface area contributed by atoms with Gasteiger partial charge in [0.2, 0.25) is 5.91 Å². The van der Waals surface area contributed by atoms with E-state index in [1.165, 1.54) is 25.7 Å². The number of pyridine rings is 1. The standard InChI is InChI=1S/C47H59F3N8O3/c1-31(37-24-38(47(48,49)50)26-39(51)25-37)53-43-40-27-41(52-28-42(40)54-32(2)55-43)35-8-10-36(11-9-35)44(59)57-22-20-56(21-23-57)29-33-12-14-46(15-13-33)16-18-58(19-17-46)45(60)61-30-34-6-4-3-5-7-34/h3-7,24-28,31,33,35-36H,8-23,29-30,51H2,1-2H3,(H,53,54,55)/t31-,35?,36?/m1/s1. The van der Waals surface area contributed by atoms with Gasteiger partial charge in [-0.2, -0.15) is 13.2 Å². The third kappa shape index (κ3) is 10.2. The molecule has 4 aromatic rings. The Labute approximate surface area is 356 Å². The molecule has 0 radical (unpaired) electrons. The molecule has 0 unspecified atom stereocenters. The van der Waals surface area contributed by atoms with Crippen molar-refractivity contribution in [3.63, 3.8) is 0 Å². The number of aryl methyl sites for hydroxylation is 1. The van der Waals surface area contributed by atoms with Gasteiger partial charge in [0.05, 0.1) is 23.3 Å². The Hall–Kier alpha value is -4.98. The molecular formula is C47H59F3N8O3. The second-order valence-corrected chi connectivity index (χ2v) is 18.1. The molecule has 0 bridgehead atoms. The number of ether oxygens (including phenoxy) is 1. The molecule has 2 aromatic carbocycles. The summed E-state index contributed by atoms with van der Waals surface area (Å²) in [6.07, 6.45) is 7.38. The molecule has 4 fully saturated rings. The summed E-state index contributed by atoms with van der Waals surface area (Å²) in [5.74, 6) is 2.21. The summed E-state index contributed by atoms with van der Waals surface area (Å²) in [6, 6.07) is 14.9. The monoisotopic (exact) mass is 840 g/mol. The van der Waals surface area contributed by atoms with Gasteiger partial charge in [-0.3, -0.25) is 14.7 Å². The van der Waals surface area contributed by atoms with Crippen LogP contribution in [0.15, 0.2) is 60.8 Å². The molecule has 1 atom stereocenters. The van der Waals surface area contributed by atoms with Crippen LogP contribution in [0.25, 0.3) is 10.9 Å². The van der Waals surface area contributed by atoms with Crippen molar-refractivity contribution in [3.8, 4) is 0 Å². The summed E-state index contributed by atoms with van der Waals surface area (Å²) < 4.78 is 46.2. The summed E-state index contributed by atoms with van der Waals surface area (Å²) in [6.45, 7) is 9.91. The van der Waals surface area contributed by atoms with Gasteiger partial charge in [0.25, 0.3) is 0 Å². The van der Waals surface area contributed by atoms with Gasteiger partial charge in [0.1, 0.15) is 18.2 Å². The highest BCUT2D eigenvalue weighted by Crippen LogP contribution is 2.47. The lowest BCUT2D eigenvalue weighted by Crippen LogP contribution is -2.52. The fraction of sp³-hybridized carbons (Fsp3) is 0.553. The van der Waals surface area contributed by atoms with E-state index in [1.807, 2.05) is 41.3 Å². The number of halogens is 3. The summed E-state index contributed by atoms with van der Waals surface area (Å²) in [5, 5.41) is 4.07. The number of likely N-dealkylation sites (tertiary alicyclic amines) is 1. The quantitative estimate of drug-likeness (QED) is 0.159. The number of nitrogen functional groups attached to an aromatic ring is 1. The Bertz CT molecular complexity index is 2150. The van der Waals surface area contributed by atoms with Crippen molar-refractivity contribution in [2.24, 2.45) is 17.3 Å². The summed E-state index contributed by atoms with van der Waals surface area (Å²) in [5.41, 5.74) is 8.44. The SMILES string of the molecule is Cc1nc(N[C@H](C)c2cc(N)cc(C(F)(F)F)c2)c2cc(C3CCC(C(=O)N4CCN(CC5CCC6(CC5)CCN(C(=O)OCc5ccccc5)CC6)CC4)CC3)ncc2n1. The number of hydrogen-bond donors (Lipinski definition) is 2. The number of rotatable bonds is 9. The molecule has 4 aliphatic rings. The van der Waals surface area contributed by atoms with Crippen molar-refractivity contribution in [1.29, 1.82) is 0 Å². The summed E-state index contributed by atoms with van der Waals surface area (Å²) in [7, 11) is 0. The van der Waals surface area contributed by atoms with Gasteiger partial charge in [0.15, 0.2) is 0 Å². The number of alkyl halides is 3. The minimum Gasteiger partial charge on any atom is -0.445 e. The minimum absolute atomic E-state index is 0.0129. The third-order valence-corrected chi connectivity index (χ3v) is 14.0. The van der Waals surface area contributed by atoms with Crippen LogP contribution in [0.2, 0.25) is 0 Å². The molecule has 2 saturated carbocycles. The van der Waals surface area contributed by atoms with E-state index in [2.05, 4.69) is 25.1 Å². The minimum atomic E-state index is -4.51. The maximum Gasteiger partial charge on any atom is 0.416 e. The van der Waals surface area contributed by atoms with Crippen LogP contribution in [0, 0.1) is 24.2 Å². The molecule has 2 saturated heterocycles. The first-order valence-electron chi connectivity index (χ1n) is 22.2. The highest BCUT2D eigenvalue weighted by Gasteiger charge is 2.40. The molecule has 2 aromatic heterocycles. The van der Waals surface area contributed by atoms with Crippen LogP contribution in [0.4, 0.5) is 29.5 Å². The number of nitrogens with two attached hydrogens (primary N) is 1. The fourth-order valence-corrected chi connectivity index (χ4v) is 10.2. The number of nitrogens with zero attached hydrogens (tertiary/aromatic N) is 6. The summed E-state index contributed by atoms with van der Waals surface area (Å²) >= 11 is 0. The van der Waals surface area contributed by atoms with Crippen molar-refractivity contribution in [2.75, 3.05) is 56.9 Å². The fourth-order valence-electron chi connectivity index (χ4n) is 10.2. The Morgan fingerprint density at radius 2 is 1.59 bits per heavy atom. The Morgan fingerprint density at radius 1 is 0.885 bits per heavy atom. The van der Waals surface area contributed by atoms with Crippen LogP contribution >= 0.6 is 0 Å². The van der Waals surface area contributed by atoms with E-state index in [0.717, 1.165) is 113 Å². The van der Waals surface area contributed by atoms with E-state index < -0.39 is 17.8 Å². The Morgan fingerprint density at radius 3 is 2.28 bits per heavy atom. The molecule has 326 valence electrons. The highest BCUT2D eigenvalue weighted by atomic mass is 19.4. The molecule has 4 heterocycles. The van der Waals surface area contributed by atoms with Gasteiger partial charge in [-0.25, -0.2) is 14.8 Å². The molecule has 61 heavy (non-hydrogen) atoms. The molecule has 1 spiro atoms. The highest BCUT2D eigenvalue weighted by molar-refractivity contribution is 5.89. The number of piperidine rings is 1. The van der Waals surface area contributed by atoms with E-state index in [0.29, 0.717) is 40.7 Å². The lowest BCUT2D eigenvalue weighted by Gasteiger charge is -2.46. The van der Waals surface area contributed by atoms with E-state index in [9.17, 15) is 22.8 Å². The predicted octanol–water partition coefficient (Wildman–Crippen LogP) is 9.13. The largest absolute Gasteiger partial charge is 0.445 e. The van der Waals surface area contributed by atoms with Crippen LogP contribution in [0.1, 0.15) is 111 Å². The first-order chi connectivity index (χ1) is 29.3. The number of hydrogen-bond acceptors (Lipinski definition) is 9. The van der Waals surface area contributed by atoms with Gasteiger partial charge in [0, 0.05) is 74.4 Å². The predicted molar refractivity (Wildman–Crippen MR) is 230 cm³/mol. The number of benzene rings is 2. The van der Waals surface area contributed by atoms with Crippen LogP contribution in [-0.2, 0) is 22.3 Å². The number of fused-ring (bicyclic) bond motifs is 1. The van der Waals surface area contributed by atoms with Gasteiger partial charge in [-0.1, -0.05) is 30.3 Å². The zero-order valence-corrected chi connectivity index (χ0v) is 35.4. The Balaban J connectivity index is 0.777. The zero-order valence-electron chi connectivity index (χ0n) is 35.4. The van der Waals surface area contributed by atoms with Gasteiger partial charge < -0.3 is 25.6 Å². The van der Waals surface area contributed by atoms with Crippen LogP contribution in [-0.4, -0.2) is 87.5 Å². The second-order valence-electron chi connectivity index (χ2n) is 18.1. The van der Waals surface area contributed by atoms with E-state index in [1.54, 1.807) is 26.1 Å². The Kier molecular flexibility index (Phi) is 12.7. The van der Waals surface area contributed by atoms with Crippen LogP contribution < -0.4 is 11.1 Å². The zero-order chi connectivity index (χ0) is 42.7. The number of amides is 2. The second kappa shape index (κ2) is 18.2. The number of piperazine rings is 1. The number of carbonyl (C=O) groups is 2. The topological polar surface area (TPSA) is 130 Å². The molecular weight excluding hydrogens is 782 g/mol. The van der Waals surface area contributed by atoms with Gasteiger partial charge in [-0.15, -0.1) is 0 Å². The van der Waals surface area contributed by atoms with Crippen LogP contribution in [0.5, 0.6) is 0 Å². The van der Waals surface area contributed by atoms with Crippen molar-refractivity contribution < 1.29 is 27.5 Å². The molecule has 11 nitrogen and oxygen atoms in total. The van der Waals surface area contributed by atoms with Crippen molar-refractivity contribution in [1.82, 2.24) is 29.7 Å². The van der Waals surface area contributed by atoms with E-state index in [4.69, 9.17) is 15.5 Å². The van der Waals surface area contributed by atoms with Crippen molar-refractivity contribution in [3.05, 3.63) is 89.0 Å². The van der Waals surface area contributed by atoms with Gasteiger partial charge >= 0.3 is 12.3 Å². The maximum atomic E-state index is 13.8. The lowest BCUT2D eigenvalue weighted by molar-refractivity contribution is -0.139. The first-order valence-corrected chi connectivity index (χ1v) is 22.2. The average molecular weight is 841 g/mol. The number of nitrogens with one attached hydrogen (secondary N) is 1. The number of carbonyl (C=O) groups excluding carboxylic acids is 2.